The lowest BCUT2D eigenvalue weighted by molar-refractivity contribution is -0.114. The maximum Gasteiger partial charge on any atom is 0.338 e. The zero-order valence-corrected chi connectivity index (χ0v) is 10.5. The van der Waals surface area contributed by atoms with Gasteiger partial charge in [0.1, 0.15) is 11.6 Å². The zero-order chi connectivity index (χ0) is 12.8. The van der Waals surface area contributed by atoms with Gasteiger partial charge in [-0.15, -0.1) is 11.8 Å². The molecule has 92 valence electrons. The minimum atomic E-state index is -0.559. The topological polar surface area (TPSA) is 43.4 Å². The van der Waals surface area contributed by atoms with Crippen LogP contribution in [0.2, 0.25) is 0 Å². The van der Waals surface area contributed by atoms with Crippen molar-refractivity contribution in [1.82, 2.24) is 0 Å². The summed E-state index contributed by atoms with van der Waals surface area (Å²) in [5.74, 6) is -0.818. The van der Waals surface area contributed by atoms with E-state index >= 15 is 0 Å². The van der Waals surface area contributed by atoms with E-state index in [0.717, 1.165) is 6.07 Å². The quantitative estimate of drug-likeness (QED) is 0.600. The maximum absolute atomic E-state index is 13.2. The van der Waals surface area contributed by atoms with Crippen molar-refractivity contribution in [3.63, 3.8) is 0 Å². The Morgan fingerprint density at radius 2 is 2.06 bits per heavy atom. The highest BCUT2D eigenvalue weighted by atomic mass is 32.2. The smallest absolute Gasteiger partial charge is 0.338 e. The first-order valence-electron chi connectivity index (χ1n) is 5.13. The van der Waals surface area contributed by atoms with Crippen LogP contribution in [0, 0.1) is 5.82 Å². The fraction of sp³-hybridized carbons (Fsp3) is 0.333. The van der Waals surface area contributed by atoms with Crippen LogP contribution in [0.4, 0.5) is 4.39 Å². The molecule has 0 atom stereocenters. The summed E-state index contributed by atoms with van der Waals surface area (Å²) in [7, 11) is 0. The minimum Gasteiger partial charge on any atom is -0.462 e. The normalized spacial score (nSPS) is 10.1. The zero-order valence-electron chi connectivity index (χ0n) is 9.66. The van der Waals surface area contributed by atoms with E-state index in [1.54, 1.807) is 6.92 Å². The second-order valence-electron chi connectivity index (χ2n) is 3.39. The van der Waals surface area contributed by atoms with Crippen LogP contribution < -0.4 is 0 Å². The van der Waals surface area contributed by atoms with Crippen LogP contribution in [0.25, 0.3) is 0 Å². The van der Waals surface area contributed by atoms with Gasteiger partial charge >= 0.3 is 5.97 Å². The summed E-state index contributed by atoms with van der Waals surface area (Å²) in [5, 5.41) is 0. The number of hydrogen-bond acceptors (Lipinski definition) is 4. The Bertz CT molecular complexity index is 432. The van der Waals surface area contributed by atoms with E-state index in [1.807, 2.05) is 0 Å². The highest BCUT2D eigenvalue weighted by Gasteiger charge is 2.10. The molecule has 0 bridgehead atoms. The van der Waals surface area contributed by atoms with Gasteiger partial charge in [-0.3, -0.25) is 4.79 Å². The Morgan fingerprint density at radius 3 is 2.65 bits per heavy atom. The van der Waals surface area contributed by atoms with Crippen molar-refractivity contribution in [3.8, 4) is 0 Å². The first-order valence-corrected chi connectivity index (χ1v) is 6.11. The average molecular weight is 256 g/mol. The summed E-state index contributed by atoms with van der Waals surface area (Å²) < 4.78 is 18.0. The van der Waals surface area contributed by atoms with Gasteiger partial charge in [-0.2, -0.15) is 0 Å². The molecular formula is C12H13FO3S. The molecule has 0 aliphatic rings. The predicted octanol–water partition coefficient (Wildman–Crippen LogP) is 2.68. The summed E-state index contributed by atoms with van der Waals surface area (Å²) in [5.41, 5.74) is 0.165. The Labute approximate surface area is 103 Å². The Kier molecular flexibility index (Phi) is 5.15. The molecule has 0 aliphatic carbocycles. The number of ether oxygens (including phenoxy) is 1. The fourth-order valence-electron chi connectivity index (χ4n) is 1.16. The molecule has 0 radical (unpaired) electrons. The molecule has 0 unspecified atom stereocenters. The SMILES string of the molecule is CCOC(=O)c1cc(F)cc(SCC(C)=O)c1. The summed E-state index contributed by atoms with van der Waals surface area (Å²) >= 11 is 1.20. The maximum atomic E-state index is 13.2. The number of halogens is 1. The molecule has 0 aromatic heterocycles. The van der Waals surface area contributed by atoms with Crippen LogP contribution >= 0.6 is 11.8 Å². The number of rotatable bonds is 5. The lowest BCUT2D eigenvalue weighted by Crippen LogP contribution is -2.05. The van der Waals surface area contributed by atoms with Gasteiger partial charge in [-0.1, -0.05) is 0 Å². The first kappa shape index (κ1) is 13.7. The van der Waals surface area contributed by atoms with Gasteiger partial charge < -0.3 is 4.74 Å². The second-order valence-corrected chi connectivity index (χ2v) is 4.44. The molecule has 0 fully saturated rings. The highest BCUT2D eigenvalue weighted by Crippen LogP contribution is 2.21. The van der Waals surface area contributed by atoms with Gasteiger partial charge in [-0.05, 0) is 32.0 Å². The van der Waals surface area contributed by atoms with E-state index in [-0.39, 0.29) is 23.7 Å². The van der Waals surface area contributed by atoms with Gasteiger partial charge in [0.15, 0.2) is 0 Å². The van der Waals surface area contributed by atoms with Crippen LogP contribution in [-0.2, 0) is 9.53 Å². The first-order chi connectivity index (χ1) is 8.02. The number of Topliss-reactive ketones (excluding diaryl/α,β-unsaturated/α-hetero) is 1. The van der Waals surface area contributed by atoms with Crippen LogP contribution in [0.15, 0.2) is 23.1 Å². The standard InChI is InChI=1S/C12H13FO3S/c1-3-16-12(15)9-4-10(13)6-11(5-9)17-7-8(2)14/h4-6H,3,7H2,1-2H3. The predicted molar refractivity (Wildman–Crippen MR) is 63.8 cm³/mol. The molecule has 0 amide bonds. The largest absolute Gasteiger partial charge is 0.462 e. The number of carbonyl (C=O) groups excluding carboxylic acids is 2. The number of carbonyl (C=O) groups is 2. The molecule has 1 aromatic carbocycles. The van der Waals surface area contributed by atoms with Crippen molar-refractivity contribution in [2.45, 2.75) is 18.7 Å². The van der Waals surface area contributed by atoms with E-state index < -0.39 is 11.8 Å². The van der Waals surface area contributed by atoms with Crippen molar-refractivity contribution < 1.29 is 18.7 Å². The van der Waals surface area contributed by atoms with E-state index in [4.69, 9.17) is 4.74 Å². The molecule has 17 heavy (non-hydrogen) atoms. The molecule has 1 aromatic rings. The van der Waals surface area contributed by atoms with Crippen LogP contribution in [0.5, 0.6) is 0 Å². The van der Waals surface area contributed by atoms with E-state index in [1.165, 1.54) is 30.8 Å². The molecular weight excluding hydrogens is 243 g/mol. The van der Waals surface area contributed by atoms with E-state index in [9.17, 15) is 14.0 Å². The van der Waals surface area contributed by atoms with Crippen LogP contribution in [0.1, 0.15) is 24.2 Å². The van der Waals surface area contributed by atoms with Crippen molar-refractivity contribution in [1.29, 1.82) is 0 Å². The average Bonchev–Trinajstić information content (AvgIpc) is 2.26. The van der Waals surface area contributed by atoms with Gasteiger partial charge in [-0.25, -0.2) is 9.18 Å². The molecule has 0 saturated carbocycles. The summed E-state index contributed by atoms with van der Waals surface area (Å²) in [6, 6.07) is 3.93. The molecule has 0 spiro atoms. The third kappa shape index (κ3) is 4.56. The molecule has 0 aliphatic heterocycles. The van der Waals surface area contributed by atoms with Gasteiger partial charge in [0.05, 0.1) is 17.9 Å². The monoisotopic (exact) mass is 256 g/mol. The highest BCUT2D eigenvalue weighted by molar-refractivity contribution is 8.00. The van der Waals surface area contributed by atoms with Gasteiger partial charge in [0.2, 0.25) is 0 Å². The lowest BCUT2D eigenvalue weighted by atomic mass is 10.2. The Balaban J connectivity index is 2.86. The van der Waals surface area contributed by atoms with Crippen molar-refractivity contribution in [3.05, 3.63) is 29.6 Å². The van der Waals surface area contributed by atoms with E-state index in [2.05, 4.69) is 0 Å². The molecule has 1 rings (SSSR count). The third-order valence-electron chi connectivity index (χ3n) is 1.82. The fourth-order valence-corrected chi connectivity index (χ4v) is 1.94. The summed E-state index contributed by atoms with van der Waals surface area (Å²) in [6.45, 7) is 3.38. The minimum absolute atomic E-state index is 0.00283. The Morgan fingerprint density at radius 1 is 1.35 bits per heavy atom. The molecule has 3 nitrogen and oxygen atoms in total. The van der Waals surface area contributed by atoms with Crippen molar-refractivity contribution >= 4 is 23.5 Å². The number of esters is 1. The van der Waals surface area contributed by atoms with Crippen molar-refractivity contribution in [2.24, 2.45) is 0 Å². The summed E-state index contributed by atoms with van der Waals surface area (Å²) in [4.78, 5) is 22.8. The number of ketones is 1. The van der Waals surface area contributed by atoms with E-state index in [0.29, 0.717) is 4.90 Å². The van der Waals surface area contributed by atoms with Crippen LogP contribution in [-0.4, -0.2) is 24.1 Å². The molecule has 0 saturated heterocycles. The van der Waals surface area contributed by atoms with Gasteiger partial charge in [0.25, 0.3) is 0 Å². The number of thioether (sulfide) groups is 1. The molecule has 5 heteroatoms. The van der Waals surface area contributed by atoms with Crippen LogP contribution in [0.3, 0.4) is 0 Å². The number of benzene rings is 1. The Hall–Kier alpha value is -1.36. The third-order valence-corrected chi connectivity index (χ3v) is 2.94. The molecule has 0 N–H and O–H groups in total. The second kappa shape index (κ2) is 6.39. The van der Waals surface area contributed by atoms with Gasteiger partial charge in [0, 0.05) is 4.90 Å². The lowest BCUT2D eigenvalue weighted by Gasteiger charge is -2.05. The van der Waals surface area contributed by atoms with Crippen molar-refractivity contribution in [2.75, 3.05) is 12.4 Å². The summed E-state index contributed by atoms with van der Waals surface area (Å²) in [6.07, 6.45) is 0. The number of hydrogen-bond donors (Lipinski definition) is 0. The molecule has 0 heterocycles.